The number of carboxylic acid groups (broad SMARTS) is 1. The summed E-state index contributed by atoms with van der Waals surface area (Å²) in [4.78, 5) is 19.4. The lowest BCUT2D eigenvalue weighted by Gasteiger charge is -2.15. The van der Waals surface area contributed by atoms with Crippen molar-refractivity contribution in [3.8, 4) is 5.88 Å². The molecular formula is C15H17N3O3. The number of nitrogens with one attached hydrogen (secondary N) is 1. The molecule has 0 aliphatic heterocycles. The molecule has 0 aliphatic carbocycles. The molecule has 1 aromatic carbocycles. The average Bonchev–Trinajstić information content (AvgIpc) is 2.51. The van der Waals surface area contributed by atoms with Crippen LogP contribution < -0.4 is 10.1 Å². The summed E-state index contributed by atoms with van der Waals surface area (Å²) in [5, 5.41) is 12.2. The molecule has 21 heavy (non-hydrogen) atoms. The van der Waals surface area contributed by atoms with Gasteiger partial charge in [-0.05, 0) is 12.0 Å². The van der Waals surface area contributed by atoms with Crippen molar-refractivity contribution < 1.29 is 14.6 Å². The molecule has 110 valence electrons. The van der Waals surface area contributed by atoms with Crippen LogP contribution in [0.5, 0.6) is 5.88 Å². The monoisotopic (exact) mass is 287 g/mol. The molecule has 1 atom stereocenters. The molecule has 0 amide bonds. The summed E-state index contributed by atoms with van der Waals surface area (Å²) in [6, 6.07) is 9.65. The molecular weight excluding hydrogens is 270 g/mol. The van der Waals surface area contributed by atoms with Gasteiger partial charge in [-0.1, -0.05) is 37.3 Å². The van der Waals surface area contributed by atoms with E-state index < -0.39 is 12.0 Å². The van der Waals surface area contributed by atoms with E-state index in [4.69, 9.17) is 4.74 Å². The molecule has 0 saturated heterocycles. The van der Waals surface area contributed by atoms with Crippen LogP contribution in [0.3, 0.4) is 0 Å². The normalized spacial score (nSPS) is 11.7. The van der Waals surface area contributed by atoms with Gasteiger partial charge >= 0.3 is 5.97 Å². The zero-order valence-corrected chi connectivity index (χ0v) is 11.7. The first-order valence-electron chi connectivity index (χ1n) is 6.70. The Hall–Kier alpha value is -2.63. The van der Waals surface area contributed by atoms with Gasteiger partial charge in [0, 0.05) is 6.07 Å². The molecule has 0 bridgehead atoms. The number of hydrogen-bond donors (Lipinski definition) is 2. The summed E-state index contributed by atoms with van der Waals surface area (Å²) in [6.07, 6.45) is 2.21. The van der Waals surface area contributed by atoms with Crippen molar-refractivity contribution in [3.05, 3.63) is 48.3 Å². The van der Waals surface area contributed by atoms with Gasteiger partial charge in [0.25, 0.3) is 0 Å². The minimum absolute atomic E-state index is 0.410. The van der Waals surface area contributed by atoms with Crippen molar-refractivity contribution in [3.63, 3.8) is 0 Å². The molecule has 6 nitrogen and oxygen atoms in total. The molecule has 0 saturated carbocycles. The van der Waals surface area contributed by atoms with E-state index in [1.54, 1.807) is 30.3 Å². The Balaban J connectivity index is 2.16. The Morgan fingerprint density at radius 1 is 1.33 bits per heavy atom. The highest BCUT2D eigenvalue weighted by molar-refractivity contribution is 5.78. The summed E-state index contributed by atoms with van der Waals surface area (Å²) in [5.74, 6) is -0.144. The molecule has 0 spiro atoms. The summed E-state index contributed by atoms with van der Waals surface area (Å²) in [7, 11) is 0. The van der Waals surface area contributed by atoms with E-state index >= 15 is 0 Å². The van der Waals surface area contributed by atoms with Crippen molar-refractivity contribution in [2.24, 2.45) is 0 Å². The molecule has 0 radical (unpaired) electrons. The first kappa shape index (κ1) is 14.8. The van der Waals surface area contributed by atoms with Gasteiger partial charge in [-0.15, -0.1) is 0 Å². The highest BCUT2D eigenvalue weighted by Crippen LogP contribution is 2.20. The van der Waals surface area contributed by atoms with Gasteiger partial charge in [0.1, 0.15) is 12.1 Å². The zero-order chi connectivity index (χ0) is 15.1. The van der Waals surface area contributed by atoms with E-state index in [1.165, 1.54) is 6.33 Å². The van der Waals surface area contributed by atoms with E-state index in [9.17, 15) is 9.90 Å². The molecule has 2 N–H and O–H groups in total. The third-order valence-corrected chi connectivity index (χ3v) is 2.77. The SMILES string of the molecule is CCCOc1cc(NC(C(=O)O)c2ccccc2)ncn1. The number of aliphatic carboxylic acids is 1. The lowest BCUT2D eigenvalue weighted by molar-refractivity contribution is -0.138. The molecule has 6 heteroatoms. The van der Waals surface area contributed by atoms with Crippen LogP contribution in [0, 0.1) is 0 Å². The predicted molar refractivity (Wildman–Crippen MR) is 78.3 cm³/mol. The lowest BCUT2D eigenvalue weighted by Crippen LogP contribution is -2.21. The van der Waals surface area contributed by atoms with Crippen molar-refractivity contribution in [2.45, 2.75) is 19.4 Å². The Labute approximate surface area is 122 Å². The van der Waals surface area contributed by atoms with Gasteiger partial charge < -0.3 is 15.2 Å². The molecule has 1 aromatic heterocycles. The average molecular weight is 287 g/mol. The van der Waals surface area contributed by atoms with Crippen LogP contribution in [0.1, 0.15) is 24.9 Å². The summed E-state index contributed by atoms with van der Waals surface area (Å²) >= 11 is 0. The molecule has 2 aromatic rings. The Morgan fingerprint density at radius 3 is 2.76 bits per heavy atom. The van der Waals surface area contributed by atoms with Gasteiger partial charge in [0.2, 0.25) is 5.88 Å². The third-order valence-electron chi connectivity index (χ3n) is 2.77. The number of ether oxygens (including phenoxy) is 1. The standard InChI is InChI=1S/C15H17N3O3/c1-2-8-21-13-9-12(16-10-17-13)18-14(15(19)20)11-6-4-3-5-7-11/h3-7,9-10,14H,2,8H2,1H3,(H,19,20)(H,16,17,18). The van der Waals surface area contributed by atoms with Crippen LogP contribution in [0.25, 0.3) is 0 Å². The Bertz CT molecular complexity index is 590. The minimum atomic E-state index is -0.976. The van der Waals surface area contributed by atoms with E-state index in [1.807, 2.05) is 13.0 Å². The van der Waals surface area contributed by atoms with Gasteiger partial charge in [-0.2, -0.15) is 0 Å². The van der Waals surface area contributed by atoms with Crippen LogP contribution in [0.4, 0.5) is 5.82 Å². The van der Waals surface area contributed by atoms with Crippen LogP contribution in [0.2, 0.25) is 0 Å². The highest BCUT2D eigenvalue weighted by atomic mass is 16.5. The van der Waals surface area contributed by atoms with E-state index in [-0.39, 0.29) is 0 Å². The summed E-state index contributed by atoms with van der Waals surface area (Å²) in [5.41, 5.74) is 0.652. The number of nitrogens with zero attached hydrogens (tertiary/aromatic N) is 2. The number of hydrogen-bond acceptors (Lipinski definition) is 5. The molecule has 1 unspecified atom stereocenters. The fourth-order valence-corrected chi connectivity index (χ4v) is 1.78. The van der Waals surface area contributed by atoms with Gasteiger partial charge in [0.15, 0.2) is 6.04 Å². The van der Waals surface area contributed by atoms with E-state index in [0.717, 1.165) is 6.42 Å². The Morgan fingerprint density at radius 2 is 2.10 bits per heavy atom. The number of carbonyl (C=O) groups is 1. The van der Waals surface area contributed by atoms with Crippen molar-refractivity contribution in [1.82, 2.24) is 9.97 Å². The second-order valence-corrected chi connectivity index (χ2v) is 4.42. The second kappa shape index (κ2) is 7.23. The van der Waals surface area contributed by atoms with Gasteiger partial charge in [-0.25, -0.2) is 14.8 Å². The van der Waals surface area contributed by atoms with Gasteiger partial charge in [0.05, 0.1) is 6.61 Å². The highest BCUT2D eigenvalue weighted by Gasteiger charge is 2.20. The number of anilines is 1. The zero-order valence-electron chi connectivity index (χ0n) is 11.7. The number of benzene rings is 1. The fraction of sp³-hybridized carbons (Fsp3) is 0.267. The number of rotatable bonds is 7. The maximum absolute atomic E-state index is 11.4. The molecule has 2 rings (SSSR count). The quantitative estimate of drug-likeness (QED) is 0.814. The van der Waals surface area contributed by atoms with Crippen molar-refractivity contribution in [2.75, 3.05) is 11.9 Å². The van der Waals surface area contributed by atoms with Crippen LogP contribution in [0.15, 0.2) is 42.7 Å². The minimum Gasteiger partial charge on any atom is -0.479 e. The molecule has 0 fully saturated rings. The maximum Gasteiger partial charge on any atom is 0.330 e. The Kier molecular flexibility index (Phi) is 5.09. The van der Waals surface area contributed by atoms with Crippen LogP contribution in [-0.2, 0) is 4.79 Å². The van der Waals surface area contributed by atoms with E-state index in [0.29, 0.717) is 23.9 Å². The van der Waals surface area contributed by atoms with Crippen molar-refractivity contribution >= 4 is 11.8 Å². The largest absolute Gasteiger partial charge is 0.479 e. The summed E-state index contributed by atoms with van der Waals surface area (Å²) < 4.78 is 5.41. The smallest absolute Gasteiger partial charge is 0.330 e. The van der Waals surface area contributed by atoms with Crippen molar-refractivity contribution in [1.29, 1.82) is 0 Å². The number of carboxylic acids is 1. The molecule has 0 aliphatic rings. The molecule has 1 heterocycles. The fourth-order valence-electron chi connectivity index (χ4n) is 1.78. The first-order chi connectivity index (χ1) is 10.2. The third kappa shape index (κ3) is 4.17. The van der Waals surface area contributed by atoms with E-state index in [2.05, 4.69) is 15.3 Å². The number of aromatic nitrogens is 2. The topological polar surface area (TPSA) is 84.3 Å². The first-order valence-corrected chi connectivity index (χ1v) is 6.70. The maximum atomic E-state index is 11.4. The predicted octanol–water partition coefficient (Wildman–Crippen LogP) is 2.50. The lowest BCUT2D eigenvalue weighted by atomic mass is 10.1. The summed E-state index contributed by atoms with van der Waals surface area (Å²) in [6.45, 7) is 2.55. The van der Waals surface area contributed by atoms with Gasteiger partial charge in [-0.3, -0.25) is 0 Å². The van der Waals surface area contributed by atoms with Crippen LogP contribution in [-0.4, -0.2) is 27.7 Å². The van der Waals surface area contributed by atoms with Crippen LogP contribution >= 0.6 is 0 Å². The second-order valence-electron chi connectivity index (χ2n) is 4.42.